The first-order chi connectivity index (χ1) is 24.1. The van der Waals surface area contributed by atoms with Gasteiger partial charge in [0.15, 0.2) is 14.5 Å². The molecule has 13 heteroatoms. The van der Waals surface area contributed by atoms with Crippen LogP contribution in [-0.4, -0.2) is 67.6 Å². The Morgan fingerprint density at radius 1 is 0.902 bits per heavy atom. The van der Waals surface area contributed by atoms with Crippen LogP contribution in [-0.2, 0) is 24.3 Å². The highest BCUT2D eigenvalue weighted by atomic mass is 28.4. The summed E-state index contributed by atoms with van der Waals surface area (Å²) in [6.07, 6.45) is -2.54. The van der Waals surface area contributed by atoms with Gasteiger partial charge < -0.3 is 33.8 Å². The number of aliphatic hydroxyl groups is 1. The molecule has 0 bridgehead atoms. The van der Waals surface area contributed by atoms with Gasteiger partial charge in [0.2, 0.25) is 11.6 Å². The Kier molecular flexibility index (Phi) is 10.8. The van der Waals surface area contributed by atoms with Crippen LogP contribution in [0.5, 0.6) is 11.5 Å². The number of nitrogens with zero attached hydrogens (tertiary/aromatic N) is 1. The number of H-pyrrole nitrogens is 1. The van der Waals surface area contributed by atoms with Gasteiger partial charge in [-0.05, 0) is 59.1 Å². The molecular weight excluding hydrogens is 671 g/mol. The largest absolute Gasteiger partial charge is 0.497 e. The summed E-state index contributed by atoms with van der Waals surface area (Å²) in [7, 11) is 0.482. The van der Waals surface area contributed by atoms with E-state index in [9.17, 15) is 19.5 Å². The van der Waals surface area contributed by atoms with Gasteiger partial charge in [0.1, 0.15) is 29.3 Å². The molecule has 1 aromatic heterocycles. The number of amides is 1. The lowest BCUT2D eigenvalue weighted by atomic mass is 9.80. The van der Waals surface area contributed by atoms with Crippen LogP contribution in [0, 0.1) is 0 Å². The Labute approximate surface area is 298 Å². The third kappa shape index (κ3) is 7.44. The summed E-state index contributed by atoms with van der Waals surface area (Å²) in [5.41, 5.74) is -2.63. The lowest BCUT2D eigenvalue weighted by molar-refractivity contribution is -0.150. The molecule has 0 aliphatic carbocycles. The molecule has 1 fully saturated rings. The van der Waals surface area contributed by atoms with Gasteiger partial charge in [-0.3, -0.25) is 19.1 Å². The number of ether oxygens (including phenoxy) is 4. The molecule has 0 spiro atoms. The number of benzene rings is 3. The lowest BCUT2D eigenvalue weighted by Gasteiger charge is -2.43. The molecule has 0 unspecified atom stereocenters. The van der Waals surface area contributed by atoms with Crippen molar-refractivity contribution < 1.29 is 33.3 Å². The van der Waals surface area contributed by atoms with Crippen molar-refractivity contribution in [3.8, 4) is 11.5 Å². The first-order valence-corrected chi connectivity index (χ1v) is 19.6. The second kappa shape index (κ2) is 14.6. The molecule has 1 aliphatic heterocycles. The molecule has 5 rings (SSSR count). The molecule has 3 N–H and O–H groups in total. The molecule has 12 nitrogen and oxygen atoms in total. The van der Waals surface area contributed by atoms with Gasteiger partial charge in [0, 0.05) is 19.2 Å². The predicted molar refractivity (Wildman–Crippen MR) is 194 cm³/mol. The summed E-state index contributed by atoms with van der Waals surface area (Å²) in [6.45, 7) is 11.3. The minimum atomic E-state index is -2.71. The molecule has 3 aromatic carbocycles. The van der Waals surface area contributed by atoms with E-state index in [2.05, 4.69) is 31.1 Å². The van der Waals surface area contributed by atoms with E-state index in [0.717, 1.165) is 27.3 Å². The van der Waals surface area contributed by atoms with E-state index >= 15 is 0 Å². The van der Waals surface area contributed by atoms with Crippen molar-refractivity contribution in [3.63, 3.8) is 0 Å². The van der Waals surface area contributed by atoms with Gasteiger partial charge in [-0.2, -0.15) is 0 Å². The second-order valence-electron chi connectivity index (χ2n) is 14.2. The van der Waals surface area contributed by atoms with Crippen molar-refractivity contribution >= 4 is 14.2 Å². The maximum absolute atomic E-state index is 13.2. The summed E-state index contributed by atoms with van der Waals surface area (Å²) in [6, 6.07) is 25.9. The fraction of sp³-hybridized carbons (Fsp3) is 0.395. The zero-order chi connectivity index (χ0) is 37.2. The number of nitrogens with one attached hydrogen (secondary N) is 2. The van der Waals surface area contributed by atoms with Crippen LogP contribution in [0.1, 0.15) is 50.6 Å². The normalized spacial score (nSPS) is 20.9. The number of aromatic amines is 1. The fourth-order valence-electron chi connectivity index (χ4n) is 6.14. The molecule has 1 saturated heterocycles. The molecule has 0 saturated carbocycles. The molecule has 4 aromatic rings. The molecule has 2 heterocycles. The van der Waals surface area contributed by atoms with E-state index in [0.29, 0.717) is 11.5 Å². The quantitative estimate of drug-likeness (QED) is 0.108. The highest BCUT2D eigenvalue weighted by molar-refractivity contribution is 6.74. The van der Waals surface area contributed by atoms with Crippen LogP contribution < -0.4 is 26.0 Å². The van der Waals surface area contributed by atoms with Gasteiger partial charge in [0.05, 0.1) is 20.8 Å². The maximum atomic E-state index is 13.2. The summed E-state index contributed by atoms with van der Waals surface area (Å²) in [5, 5.41) is 14.8. The lowest BCUT2D eigenvalue weighted by Crippen LogP contribution is -2.63. The van der Waals surface area contributed by atoms with E-state index in [1.807, 2.05) is 92.0 Å². The summed E-state index contributed by atoms with van der Waals surface area (Å²) in [5.74, 6) is 0.739. The van der Waals surface area contributed by atoms with Crippen LogP contribution >= 0.6 is 0 Å². The van der Waals surface area contributed by atoms with Crippen molar-refractivity contribution in [2.75, 3.05) is 20.8 Å². The fourth-order valence-corrected chi connectivity index (χ4v) is 7.46. The highest BCUT2D eigenvalue weighted by Crippen LogP contribution is 2.47. The number of carbonyl (C=O) groups excluding carboxylic acids is 1. The van der Waals surface area contributed by atoms with Crippen LogP contribution in [0.25, 0.3) is 0 Å². The minimum Gasteiger partial charge on any atom is -0.497 e. The van der Waals surface area contributed by atoms with Crippen molar-refractivity contribution in [3.05, 3.63) is 129 Å². The molecule has 272 valence electrons. The zero-order valence-corrected chi connectivity index (χ0v) is 31.3. The van der Waals surface area contributed by atoms with Crippen molar-refractivity contribution in [2.45, 2.75) is 75.6 Å². The van der Waals surface area contributed by atoms with E-state index < -0.39 is 55.2 Å². The monoisotopic (exact) mass is 717 g/mol. The molecule has 51 heavy (non-hydrogen) atoms. The Balaban J connectivity index is 1.70. The van der Waals surface area contributed by atoms with Crippen molar-refractivity contribution in [1.82, 2.24) is 14.9 Å². The van der Waals surface area contributed by atoms with E-state index in [4.69, 9.17) is 23.4 Å². The number of hydrogen-bond donors (Lipinski definition) is 3. The van der Waals surface area contributed by atoms with Gasteiger partial charge >= 0.3 is 5.69 Å². The third-order valence-electron chi connectivity index (χ3n) is 9.80. The van der Waals surface area contributed by atoms with Crippen LogP contribution in [0.3, 0.4) is 0 Å². The topological polar surface area (TPSA) is 150 Å². The number of carbonyl (C=O) groups is 1. The Morgan fingerprint density at radius 2 is 1.43 bits per heavy atom. The minimum absolute atomic E-state index is 0.178. The Bertz CT molecular complexity index is 1870. The van der Waals surface area contributed by atoms with E-state index in [-0.39, 0.29) is 11.6 Å². The van der Waals surface area contributed by atoms with Gasteiger partial charge in [-0.1, -0.05) is 75.4 Å². The number of methoxy groups -OCH3 is 2. The molecule has 0 radical (unpaired) electrons. The number of aromatic nitrogens is 2. The average Bonchev–Trinajstić information content (AvgIpc) is 3.34. The van der Waals surface area contributed by atoms with Gasteiger partial charge in [0.25, 0.3) is 5.56 Å². The zero-order valence-electron chi connectivity index (χ0n) is 30.3. The van der Waals surface area contributed by atoms with Crippen LogP contribution in [0.4, 0.5) is 0 Å². The molecular formula is C38H47N3O9Si. The Morgan fingerprint density at radius 3 is 1.90 bits per heavy atom. The number of hydrogen-bond acceptors (Lipinski definition) is 9. The summed E-state index contributed by atoms with van der Waals surface area (Å²) < 4.78 is 32.6. The predicted octanol–water partition coefficient (Wildman–Crippen LogP) is 4.68. The molecule has 1 aliphatic rings. The summed E-state index contributed by atoms with van der Waals surface area (Å²) in [4.78, 5) is 40.1. The SMILES string of the molecule is COc1ccc(C(OC[C@H]2O[C@@H](n3ccc(=O)[nH]c3=O)[C@@](O)(NC(C)=O)[C@@H]2O[Si](C)(C)C(C)(C)C)(c2ccccc2)c2ccc(OC)cc2)cc1. The highest BCUT2D eigenvalue weighted by Gasteiger charge is 2.61. The van der Waals surface area contributed by atoms with E-state index in [1.54, 1.807) is 14.2 Å². The van der Waals surface area contributed by atoms with E-state index in [1.165, 1.54) is 13.1 Å². The smallest absolute Gasteiger partial charge is 0.330 e. The second-order valence-corrected chi connectivity index (χ2v) is 18.9. The van der Waals surface area contributed by atoms with Crippen molar-refractivity contribution in [1.29, 1.82) is 0 Å². The van der Waals surface area contributed by atoms with Crippen molar-refractivity contribution in [2.24, 2.45) is 0 Å². The molecule has 4 atom stereocenters. The number of rotatable bonds is 12. The van der Waals surface area contributed by atoms with Gasteiger partial charge in [-0.25, -0.2) is 4.79 Å². The van der Waals surface area contributed by atoms with Gasteiger partial charge in [-0.15, -0.1) is 0 Å². The van der Waals surface area contributed by atoms with Crippen LogP contribution in [0.15, 0.2) is 101 Å². The maximum Gasteiger partial charge on any atom is 0.330 e. The molecule has 1 amide bonds. The first-order valence-electron chi connectivity index (χ1n) is 16.7. The third-order valence-corrected chi connectivity index (χ3v) is 14.3. The summed E-state index contributed by atoms with van der Waals surface area (Å²) >= 11 is 0. The first kappa shape index (κ1) is 37.7. The Hall–Kier alpha value is -4.53. The standard InChI is InChI=1S/C38H47N3O9Si/c1-25(42)40-38(45)33(50-51(7,8)36(2,3)4)31(49-34(38)41-23-22-32(43)39-35(41)44)24-48-37(26-12-10-9-11-13-26,27-14-18-29(46-5)19-15-27)28-16-20-30(47-6)21-17-28/h9-23,31,33-34,45H,24H2,1-8H3,(H,40,42)(H,39,43,44)/t31-,33-,34-,38-/m1/s1. The van der Waals surface area contributed by atoms with Crippen LogP contribution in [0.2, 0.25) is 18.1 Å². The average molecular weight is 718 g/mol.